The maximum Gasteiger partial charge on any atom is 0.416 e. The maximum absolute atomic E-state index is 13.4. The molecule has 0 saturated carbocycles. The van der Waals surface area contributed by atoms with Crippen LogP contribution >= 0.6 is 0 Å². The molecule has 12 heteroatoms. The number of halogens is 6. The van der Waals surface area contributed by atoms with Crippen LogP contribution in [0.3, 0.4) is 0 Å². The van der Waals surface area contributed by atoms with Gasteiger partial charge in [-0.1, -0.05) is 68.2 Å². The van der Waals surface area contributed by atoms with E-state index in [2.05, 4.69) is 56.0 Å². The SMILES string of the molecule is CC(C)(C)[Si](C)(C)OCC#CC(O)c1nnn(Cc2cc(C(F)(F)F)cc(C(F)(F)F)c2)c1-c1ccccc1. The number of benzene rings is 2. The van der Waals surface area contributed by atoms with Crippen molar-refractivity contribution in [3.05, 3.63) is 70.9 Å². The van der Waals surface area contributed by atoms with E-state index in [1.54, 1.807) is 30.3 Å². The summed E-state index contributed by atoms with van der Waals surface area (Å²) in [5.41, 5.74) is -2.41. The number of hydrogen-bond acceptors (Lipinski definition) is 4. The summed E-state index contributed by atoms with van der Waals surface area (Å²) in [6.07, 6.45) is -11.4. The van der Waals surface area contributed by atoms with E-state index in [1.807, 2.05) is 0 Å². The molecule has 1 heterocycles. The van der Waals surface area contributed by atoms with Crippen molar-refractivity contribution < 1.29 is 35.9 Å². The molecule has 0 aliphatic heterocycles. The summed E-state index contributed by atoms with van der Waals surface area (Å²) in [7, 11) is -2.07. The van der Waals surface area contributed by atoms with E-state index < -0.39 is 44.4 Å². The van der Waals surface area contributed by atoms with E-state index in [4.69, 9.17) is 4.43 Å². The zero-order valence-corrected chi connectivity index (χ0v) is 23.1. The third kappa shape index (κ3) is 7.50. The summed E-state index contributed by atoms with van der Waals surface area (Å²) in [5, 5.41) is 18.7. The fraction of sp³-hybridized carbons (Fsp3) is 0.407. The van der Waals surface area contributed by atoms with Crippen molar-refractivity contribution in [3.63, 3.8) is 0 Å². The number of nitrogens with zero attached hydrogens (tertiary/aromatic N) is 3. The maximum atomic E-state index is 13.4. The van der Waals surface area contributed by atoms with Crippen molar-refractivity contribution >= 4 is 8.32 Å². The van der Waals surface area contributed by atoms with Gasteiger partial charge in [-0.3, -0.25) is 0 Å². The molecule has 3 aromatic rings. The molecule has 1 unspecified atom stereocenters. The first-order chi connectivity index (χ1) is 17.9. The first-order valence-electron chi connectivity index (χ1n) is 12.0. The molecule has 0 bridgehead atoms. The van der Waals surface area contributed by atoms with E-state index in [1.165, 1.54) is 0 Å². The Labute approximate surface area is 223 Å². The van der Waals surface area contributed by atoms with Crippen LogP contribution in [0.4, 0.5) is 26.3 Å². The van der Waals surface area contributed by atoms with Gasteiger partial charge in [-0.05, 0) is 41.9 Å². The molecule has 1 aromatic heterocycles. The normalized spacial score (nSPS) is 13.6. The highest BCUT2D eigenvalue weighted by molar-refractivity contribution is 6.74. The average molecular weight is 570 g/mol. The summed E-state index contributed by atoms with van der Waals surface area (Å²) in [6, 6.07) is 9.77. The van der Waals surface area contributed by atoms with Crippen LogP contribution in [-0.4, -0.2) is 35.0 Å². The first kappa shape index (κ1) is 30.4. The van der Waals surface area contributed by atoms with Crippen LogP contribution in [0.25, 0.3) is 11.3 Å². The average Bonchev–Trinajstić information content (AvgIpc) is 3.23. The lowest BCUT2D eigenvalue weighted by atomic mass is 10.0. The molecule has 210 valence electrons. The van der Waals surface area contributed by atoms with E-state index in [9.17, 15) is 31.4 Å². The fourth-order valence-electron chi connectivity index (χ4n) is 3.44. The number of alkyl halides is 6. The summed E-state index contributed by atoms with van der Waals surface area (Å²) >= 11 is 0. The van der Waals surface area contributed by atoms with Gasteiger partial charge >= 0.3 is 12.4 Å². The summed E-state index contributed by atoms with van der Waals surface area (Å²) < 4.78 is 87.3. The fourth-order valence-corrected chi connectivity index (χ4v) is 4.30. The second-order valence-electron chi connectivity index (χ2n) is 10.5. The lowest BCUT2D eigenvalue weighted by Crippen LogP contribution is -2.40. The second-order valence-corrected chi connectivity index (χ2v) is 15.3. The van der Waals surface area contributed by atoms with Crippen LogP contribution in [0.2, 0.25) is 18.1 Å². The van der Waals surface area contributed by atoms with Gasteiger partial charge in [0.05, 0.1) is 30.0 Å². The Bertz CT molecular complexity index is 1320. The molecule has 2 aromatic carbocycles. The van der Waals surface area contributed by atoms with Crippen molar-refractivity contribution in [2.75, 3.05) is 6.61 Å². The zero-order valence-electron chi connectivity index (χ0n) is 22.1. The molecule has 0 aliphatic rings. The van der Waals surface area contributed by atoms with Crippen molar-refractivity contribution in [1.82, 2.24) is 15.0 Å². The molecule has 0 radical (unpaired) electrons. The Morgan fingerprint density at radius 3 is 2.03 bits per heavy atom. The molecule has 0 aliphatic carbocycles. The topological polar surface area (TPSA) is 60.2 Å². The third-order valence-electron chi connectivity index (χ3n) is 6.60. The van der Waals surface area contributed by atoms with E-state index in [-0.39, 0.29) is 34.7 Å². The van der Waals surface area contributed by atoms with E-state index in [0.717, 1.165) is 4.68 Å². The van der Waals surface area contributed by atoms with Gasteiger partial charge in [0.25, 0.3) is 0 Å². The molecule has 0 fully saturated rings. The summed E-state index contributed by atoms with van der Waals surface area (Å²) in [5.74, 6) is 5.44. The van der Waals surface area contributed by atoms with Gasteiger partial charge in [0.1, 0.15) is 5.69 Å². The Morgan fingerprint density at radius 2 is 1.51 bits per heavy atom. The highest BCUT2D eigenvalue weighted by atomic mass is 28.4. The minimum atomic E-state index is -4.98. The van der Waals surface area contributed by atoms with Gasteiger partial charge in [0.2, 0.25) is 0 Å². The number of aliphatic hydroxyl groups is 1. The Hall–Kier alpha value is -3.14. The molecule has 3 rings (SSSR count). The lowest BCUT2D eigenvalue weighted by molar-refractivity contribution is -0.143. The molecule has 0 amide bonds. The molecule has 39 heavy (non-hydrogen) atoms. The van der Waals surface area contributed by atoms with Gasteiger partial charge in [-0.15, -0.1) is 5.10 Å². The third-order valence-corrected chi connectivity index (χ3v) is 11.1. The molecule has 0 saturated heterocycles. The van der Waals surface area contributed by atoms with Crippen molar-refractivity contribution in [1.29, 1.82) is 0 Å². The standard InChI is InChI=1S/C27H29F6N3O2Si/c1-25(2,3)39(4,5)38-13-9-12-22(37)23-24(19-10-7-6-8-11-19)36(35-34-23)17-18-14-20(26(28,29)30)16-21(15-18)27(31,32)33/h6-8,10-11,14-16,22,37H,13,17H2,1-5H3. The van der Waals surface area contributed by atoms with Crippen LogP contribution in [0.1, 0.15) is 49.3 Å². The minimum Gasteiger partial charge on any atom is -0.406 e. The predicted molar refractivity (Wildman–Crippen MR) is 137 cm³/mol. The number of aromatic nitrogens is 3. The van der Waals surface area contributed by atoms with Crippen LogP contribution in [0, 0.1) is 11.8 Å². The van der Waals surface area contributed by atoms with Crippen LogP contribution in [-0.2, 0) is 23.3 Å². The van der Waals surface area contributed by atoms with Crippen LogP contribution in [0.15, 0.2) is 48.5 Å². The van der Waals surface area contributed by atoms with E-state index >= 15 is 0 Å². The van der Waals surface area contributed by atoms with Crippen molar-refractivity contribution in [2.24, 2.45) is 0 Å². The number of aliphatic hydroxyl groups excluding tert-OH is 1. The van der Waals surface area contributed by atoms with Crippen molar-refractivity contribution in [3.8, 4) is 23.1 Å². The van der Waals surface area contributed by atoms with Gasteiger partial charge < -0.3 is 9.53 Å². The smallest absolute Gasteiger partial charge is 0.406 e. The zero-order chi connectivity index (χ0) is 29.2. The summed E-state index contributed by atoms with van der Waals surface area (Å²) in [6.45, 7) is 9.96. The second kappa shape index (κ2) is 11.2. The van der Waals surface area contributed by atoms with Gasteiger partial charge in [-0.2, -0.15) is 26.3 Å². The molecular weight excluding hydrogens is 540 g/mol. The Kier molecular flexibility index (Phi) is 8.69. The largest absolute Gasteiger partial charge is 0.416 e. The highest BCUT2D eigenvalue weighted by Crippen LogP contribution is 2.38. The van der Waals surface area contributed by atoms with E-state index in [0.29, 0.717) is 17.7 Å². The predicted octanol–water partition coefficient (Wildman–Crippen LogP) is 7.09. The lowest BCUT2D eigenvalue weighted by Gasteiger charge is -2.35. The molecular formula is C27H29F6N3O2Si. The summed E-state index contributed by atoms with van der Waals surface area (Å²) in [4.78, 5) is 0. The number of hydrogen-bond donors (Lipinski definition) is 1. The van der Waals surface area contributed by atoms with Gasteiger partial charge in [0.15, 0.2) is 14.4 Å². The minimum absolute atomic E-state index is 0.0176. The van der Waals surface area contributed by atoms with Gasteiger partial charge in [0, 0.05) is 5.56 Å². The molecule has 5 nitrogen and oxygen atoms in total. The first-order valence-corrected chi connectivity index (χ1v) is 14.9. The Balaban J connectivity index is 1.99. The molecule has 1 atom stereocenters. The van der Waals surface area contributed by atoms with Gasteiger partial charge in [-0.25, -0.2) is 4.68 Å². The number of rotatable bonds is 6. The van der Waals surface area contributed by atoms with Crippen LogP contribution < -0.4 is 0 Å². The highest BCUT2D eigenvalue weighted by Gasteiger charge is 2.38. The Morgan fingerprint density at radius 1 is 0.949 bits per heavy atom. The quantitative estimate of drug-likeness (QED) is 0.196. The van der Waals surface area contributed by atoms with Crippen LogP contribution in [0.5, 0.6) is 0 Å². The monoisotopic (exact) mass is 569 g/mol. The molecule has 0 spiro atoms. The molecule has 1 N–H and O–H groups in total. The van der Waals surface area contributed by atoms with Crippen molar-refractivity contribution in [2.45, 2.75) is 63.9 Å².